The molecule has 0 amide bonds. The second-order valence-electron chi connectivity index (χ2n) is 12.9. The van der Waals surface area contributed by atoms with Gasteiger partial charge in [0.05, 0.1) is 16.0 Å². The Balaban J connectivity index is 1.39. The van der Waals surface area contributed by atoms with E-state index < -0.39 is 18.2 Å². The van der Waals surface area contributed by atoms with Crippen molar-refractivity contribution in [2.75, 3.05) is 18.6 Å². The van der Waals surface area contributed by atoms with Crippen LogP contribution in [0.5, 0.6) is 0 Å². The highest BCUT2D eigenvalue weighted by Crippen LogP contribution is 2.53. The zero-order valence-corrected chi connectivity index (χ0v) is 26.7. The second-order valence-corrected chi connectivity index (χ2v) is 21.4. The molecule has 1 saturated carbocycles. The van der Waals surface area contributed by atoms with Gasteiger partial charge in [0.1, 0.15) is 11.6 Å². The van der Waals surface area contributed by atoms with Crippen LogP contribution in [0.15, 0.2) is 47.5 Å². The lowest BCUT2D eigenvalue weighted by Crippen LogP contribution is -2.45. The lowest BCUT2D eigenvalue weighted by molar-refractivity contribution is 0.252. The summed E-state index contributed by atoms with van der Waals surface area (Å²) in [6.07, 6.45) is 5.97. The van der Waals surface area contributed by atoms with Gasteiger partial charge in [-0.1, -0.05) is 45.0 Å². The van der Waals surface area contributed by atoms with Gasteiger partial charge in [0, 0.05) is 48.1 Å². The van der Waals surface area contributed by atoms with Crippen LogP contribution in [0.2, 0.25) is 18.1 Å². The van der Waals surface area contributed by atoms with E-state index in [9.17, 15) is 8.42 Å². The summed E-state index contributed by atoms with van der Waals surface area (Å²) in [4.78, 5) is 5.02. The molecule has 0 radical (unpaired) electrons. The number of pyridine rings is 1. The fraction of sp³-hybridized carbons (Fsp3) is 0.552. The molecule has 10 heteroatoms. The molecule has 0 unspecified atom stereocenters. The smallest absolute Gasteiger partial charge is 0.192 e. The number of hydrogen-bond donors (Lipinski definition) is 0. The van der Waals surface area contributed by atoms with Crippen molar-refractivity contribution in [3.05, 3.63) is 59.8 Å². The SMILES string of the molecule is CC(C)(C)[Si](C)(C)OC[C@@]1(C)Cc2nnc(C3(c4ccc(-c5ccccc5S(C)(=O)=O)nc4)CC3)n2CCS1. The summed E-state index contributed by atoms with van der Waals surface area (Å²) in [5.41, 5.74) is 2.21. The van der Waals surface area contributed by atoms with E-state index in [-0.39, 0.29) is 15.2 Å². The average Bonchev–Trinajstić information content (AvgIpc) is 3.61. The molecule has 0 N–H and O–H groups in total. The summed E-state index contributed by atoms with van der Waals surface area (Å²) >= 11 is 1.98. The first-order valence-electron chi connectivity index (χ1n) is 13.6. The molecule has 1 aliphatic carbocycles. The molecular formula is C29H40N4O3S2Si. The van der Waals surface area contributed by atoms with Crippen molar-refractivity contribution in [3.63, 3.8) is 0 Å². The molecule has 5 rings (SSSR count). The molecule has 0 spiro atoms. The monoisotopic (exact) mass is 584 g/mol. The zero-order valence-electron chi connectivity index (χ0n) is 24.1. The third-order valence-corrected chi connectivity index (χ3v) is 15.7. The standard InChI is InChI=1S/C29H40N4O3S2Si/c1-27(2,3)39(6,7)36-20-28(4)18-25-31-32-26(33(25)16-17-37-28)29(14-15-29)21-12-13-23(30-19-21)22-10-8-9-11-24(22)38(5,34)35/h8-13,19H,14-18,20H2,1-7H3/t28-/m1/s1. The Labute approximate surface area is 238 Å². The van der Waals surface area contributed by atoms with Crippen LogP contribution in [-0.4, -0.2) is 59.8 Å². The van der Waals surface area contributed by atoms with Crippen LogP contribution in [0, 0.1) is 0 Å². The Kier molecular flexibility index (Phi) is 7.18. The van der Waals surface area contributed by atoms with Crippen molar-refractivity contribution in [2.45, 2.75) is 86.7 Å². The first-order chi connectivity index (χ1) is 18.2. The Bertz CT molecular complexity index is 1470. The molecule has 2 aromatic heterocycles. The van der Waals surface area contributed by atoms with Gasteiger partial charge in [0.2, 0.25) is 0 Å². The van der Waals surface area contributed by atoms with Gasteiger partial charge < -0.3 is 8.99 Å². The summed E-state index contributed by atoms with van der Waals surface area (Å²) in [6.45, 7) is 15.4. The van der Waals surface area contributed by atoms with Crippen molar-refractivity contribution >= 4 is 29.9 Å². The molecule has 210 valence electrons. The average molecular weight is 585 g/mol. The van der Waals surface area contributed by atoms with E-state index >= 15 is 0 Å². The van der Waals surface area contributed by atoms with Crippen molar-refractivity contribution in [1.29, 1.82) is 0 Å². The fourth-order valence-electron chi connectivity index (χ4n) is 5.07. The van der Waals surface area contributed by atoms with E-state index in [0.717, 1.165) is 55.4 Å². The third kappa shape index (κ3) is 5.49. The number of fused-ring (bicyclic) bond motifs is 1. The predicted molar refractivity (Wildman–Crippen MR) is 161 cm³/mol. The topological polar surface area (TPSA) is 87.0 Å². The normalized spacial score (nSPS) is 21.3. The number of hydrogen-bond acceptors (Lipinski definition) is 7. The van der Waals surface area contributed by atoms with Crippen LogP contribution in [0.25, 0.3) is 11.3 Å². The Morgan fingerprint density at radius 2 is 1.82 bits per heavy atom. The Hall–Kier alpha value is -2.01. The van der Waals surface area contributed by atoms with E-state index in [1.807, 2.05) is 36.2 Å². The first-order valence-corrected chi connectivity index (χ1v) is 19.4. The zero-order chi connectivity index (χ0) is 28.3. The highest BCUT2D eigenvalue weighted by molar-refractivity contribution is 8.00. The van der Waals surface area contributed by atoms with E-state index in [2.05, 4.69) is 51.4 Å². The van der Waals surface area contributed by atoms with Crippen molar-refractivity contribution in [2.24, 2.45) is 0 Å². The molecule has 39 heavy (non-hydrogen) atoms. The maximum atomic E-state index is 12.3. The molecule has 1 fully saturated rings. The van der Waals surface area contributed by atoms with Crippen LogP contribution in [0.4, 0.5) is 0 Å². The summed E-state index contributed by atoms with van der Waals surface area (Å²) in [5, 5.41) is 9.65. The molecule has 0 saturated heterocycles. The van der Waals surface area contributed by atoms with Gasteiger partial charge in [-0.3, -0.25) is 4.98 Å². The summed E-state index contributed by atoms with van der Waals surface area (Å²) in [5.74, 6) is 3.05. The number of rotatable bonds is 7. The largest absolute Gasteiger partial charge is 0.415 e. The van der Waals surface area contributed by atoms with E-state index in [1.54, 1.807) is 12.1 Å². The Morgan fingerprint density at radius 3 is 2.44 bits per heavy atom. The molecule has 1 aromatic carbocycles. The van der Waals surface area contributed by atoms with Gasteiger partial charge in [-0.05, 0) is 55.6 Å². The van der Waals surface area contributed by atoms with Gasteiger partial charge in [-0.2, -0.15) is 11.8 Å². The number of sulfone groups is 1. The fourth-order valence-corrected chi connectivity index (χ4v) is 8.33. The first kappa shape index (κ1) is 28.5. The minimum Gasteiger partial charge on any atom is -0.415 e. The molecule has 1 aliphatic heterocycles. The maximum Gasteiger partial charge on any atom is 0.192 e. The minimum absolute atomic E-state index is 0.0407. The lowest BCUT2D eigenvalue weighted by atomic mass is 9.95. The number of thioether (sulfide) groups is 1. The van der Waals surface area contributed by atoms with Crippen molar-refractivity contribution < 1.29 is 12.8 Å². The van der Waals surface area contributed by atoms with Crippen LogP contribution >= 0.6 is 11.8 Å². The van der Waals surface area contributed by atoms with Crippen LogP contribution in [0.1, 0.15) is 57.7 Å². The van der Waals surface area contributed by atoms with Gasteiger partial charge in [-0.25, -0.2) is 8.42 Å². The van der Waals surface area contributed by atoms with E-state index in [4.69, 9.17) is 19.6 Å². The van der Waals surface area contributed by atoms with Crippen LogP contribution in [0.3, 0.4) is 0 Å². The van der Waals surface area contributed by atoms with E-state index in [0.29, 0.717) is 16.2 Å². The second kappa shape index (κ2) is 9.82. The van der Waals surface area contributed by atoms with Gasteiger partial charge in [0.25, 0.3) is 0 Å². The lowest BCUT2D eigenvalue weighted by Gasteiger charge is -2.39. The maximum absolute atomic E-state index is 12.3. The van der Waals surface area contributed by atoms with Gasteiger partial charge in [-0.15, -0.1) is 10.2 Å². The molecule has 3 heterocycles. The van der Waals surface area contributed by atoms with Gasteiger partial charge in [0.15, 0.2) is 18.2 Å². The van der Waals surface area contributed by atoms with Crippen molar-refractivity contribution in [1.82, 2.24) is 19.7 Å². The molecule has 7 nitrogen and oxygen atoms in total. The van der Waals surface area contributed by atoms with Crippen molar-refractivity contribution in [3.8, 4) is 11.3 Å². The molecule has 0 bridgehead atoms. The van der Waals surface area contributed by atoms with Crippen LogP contribution in [-0.2, 0) is 32.6 Å². The minimum atomic E-state index is -3.36. The van der Waals surface area contributed by atoms with Gasteiger partial charge >= 0.3 is 0 Å². The molecule has 2 aliphatic rings. The number of aromatic nitrogens is 4. The van der Waals surface area contributed by atoms with E-state index in [1.165, 1.54) is 6.26 Å². The number of benzene rings is 1. The molecular weight excluding hydrogens is 545 g/mol. The molecule has 1 atom stereocenters. The number of nitrogens with zero attached hydrogens (tertiary/aromatic N) is 4. The quantitative estimate of drug-likeness (QED) is 0.320. The highest BCUT2D eigenvalue weighted by Gasteiger charge is 2.51. The van der Waals surface area contributed by atoms with Crippen LogP contribution < -0.4 is 0 Å². The summed E-state index contributed by atoms with van der Waals surface area (Å²) < 4.78 is 33.6. The predicted octanol–water partition coefficient (Wildman–Crippen LogP) is 5.89. The summed E-state index contributed by atoms with van der Waals surface area (Å²) in [6, 6.07) is 11.1. The summed E-state index contributed by atoms with van der Waals surface area (Å²) in [7, 11) is -5.20. The highest BCUT2D eigenvalue weighted by atomic mass is 32.2. The third-order valence-electron chi connectivity index (χ3n) is 8.73. The Morgan fingerprint density at radius 1 is 1.10 bits per heavy atom. The molecule has 3 aromatic rings.